The van der Waals surface area contributed by atoms with Gasteiger partial charge in [-0.05, 0) is 24.3 Å². The summed E-state index contributed by atoms with van der Waals surface area (Å²) in [5.74, 6) is 0.373. The third-order valence-electron chi connectivity index (χ3n) is 3.48. The van der Waals surface area contributed by atoms with Gasteiger partial charge in [0, 0.05) is 29.3 Å². The van der Waals surface area contributed by atoms with E-state index in [0.717, 1.165) is 0 Å². The van der Waals surface area contributed by atoms with Crippen molar-refractivity contribution < 1.29 is 14.1 Å². The number of hydrogen-bond acceptors (Lipinski definition) is 5. The van der Waals surface area contributed by atoms with Gasteiger partial charge >= 0.3 is 0 Å². The Morgan fingerprint density at radius 2 is 2.04 bits per heavy atom. The first-order valence-corrected chi connectivity index (χ1v) is 7.40. The number of rotatable bonds is 4. The van der Waals surface area contributed by atoms with Gasteiger partial charge in [-0.2, -0.15) is 0 Å². The average Bonchev–Trinajstić information content (AvgIpc) is 2.98. The fourth-order valence-corrected chi connectivity index (χ4v) is 2.23. The minimum atomic E-state index is -0.536. The van der Waals surface area contributed by atoms with E-state index >= 15 is 0 Å². The van der Waals surface area contributed by atoms with Crippen LogP contribution in [0, 0.1) is 10.1 Å². The van der Waals surface area contributed by atoms with E-state index in [2.05, 4.69) is 10.3 Å². The fourth-order valence-electron chi connectivity index (χ4n) is 2.23. The van der Waals surface area contributed by atoms with Crippen molar-refractivity contribution in [3.63, 3.8) is 0 Å². The Balaban J connectivity index is 1.85. The molecule has 1 amide bonds. The van der Waals surface area contributed by atoms with Crippen LogP contribution in [0.25, 0.3) is 11.1 Å². The second-order valence-electron chi connectivity index (χ2n) is 5.65. The standard InChI is InChI=1S/C17H15N3O4/c1-10(2)17-19-14-9-12(6-7-15(14)24-17)18-16(21)11-4-3-5-13(8-11)20(22)23/h3-10H,1-2H3,(H,18,21). The first-order chi connectivity index (χ1) is 11.4. The van der Waals surface area contributed by atoms with Gasteiger partial charge in [-0.25, -0.2) is 4.98 Å². The molecule has 0 unspecified atom stereocenters. The predicted molar refractivity (Wildman–Crippen MR) is 89.1 cm³/mol. The first kappa shape index (κ1) is 15.7. The van der Waals surface area contributed by atoms with E-state index in [1.54, 1.807) is 18.2 Å². The lowest BCUT2D eigenvalue weighted by Gasteiger charge is -2.04. The Bertz CT molecular complexity index is 930. The van der Waals surface area contributed by atoms with Gasteiger partial charge in [-0.1, -0.05) is 19.9 Å². The summed E-state index contributed by atoms with van der Waals surface area (Å²) in [4.78, 5) is 26.9. The van der Waals surface area contributed by atoms with Gasteiger partial charge in [0.2, 0.25) is 0 Å². The summed E-state index contributed by atoms with van der Waals surface area (Å²) >= 11 is 0. The number of carbonyl (C=O) groups is 1. The molecule has 24 heavy (non-hydrogen) atoms. The van der Waals surface area contributed by atoms with Crippen LogP contribution in [0.3, 0.4) is 0 Å². The Morgan fingerprint density at radius 1 is 1.25 bits per heavy atom. The summed E-state index contributed by atoms with van der Waals surface area (Å²) in [6, 6.07) is 10.7. The molecular weight excluding hydrogens is 310 g/mol. The maximum Gasteiger partial charge on any atom is 0.270 e. The van der Waals surface area contributed by atoms with Crippen molar-refractivity contribution in [2.24, 2.45) is 0 Å². The molecule has 0 atom stereocenters. The lowest BCUT2D eigenvalue weighted by atomic mass is 10.2. The number of benzene rings is 2. The molecule has 0 fully saturated rings. The second kappa shape index (κ2) is 6.11. The summed E-state index contributed by atoms with van der Waals surface area (Å²) in [5.41, 5.74) is 1.92. The first-order valence-electron chi connectivity index (χ1n) is 7.40. The van der Waals surface area contributed by atoms with Crippen LogP contribution >= 0.6 is 0 Å². The number of carbonyl (C=O) groups excluding carboxylic acids is 1. The molecule has 122 valence electrons. The molecular formula is C17H15N3O4. The molecule has 7 nitrogen and oxygen atoms in total. The maximum absolute atomic E-state index is 12.3. The summed E-state index contributed by atoms with van der Waals surface area (Å²) < 4.78 is 5.62. The molecule has 1 N–H and O–H groups in total. The third-order valence-corrected chi connectivity index (χ3v) is 3.48. The van der Waals surface area contributed by atoms with Gasteiger partial charge < -0.3 is 9.73 Å². The minimum absolute atomic E-state index is 0.129. The van der Waals surface area contributed by atoms with E-state index in [-0.39, 0.29) is 17.2 Å². The molecule has 0 aliphatic rings. The maximum atomic E-state index is 12.3. The Kier molecular flexibility index (Phi) is 3.99. The largest absolute Gasteiger partial charge is 0.440 e. The fraction of sp³-hybridized carbons (Fsp3) is 0.176. The highest BCUT2D eigenvalue weighted by atomic mass is 16.6. The zero-order chi connectivity index (χ0) is 17.3. The van der Waals surface area contributed by atoms with Crippen molar-refractivity contribution in [1.29, 1.82) is 0 Å². The quantitative estimate of drug-likeness (QED) is 0.575. The van der Waals surface area contributed by atoms with Gasteiger partial charge in [-0.3, -0.25) is 14.9 Å². The van der Waals surface area contributed by atoms with Crippen LogP contribution in [0.2, 0.25) is 0 Å². The van der Waals surface area contributed by atoms with E-state index in [0.29, 0.717) is 22.7 Å². The molecule has 7 heteroatoms. The molecule has 0 aliphatic carbocycles. The molecule has 0 radical (unpaired) electrons. The normalized spacial score (nSPS) is 11.0. The SMILES string of the molecule is CC(C)c1nc2cc(NC(=O)c3cccc([N+](=O)[O-])c3)ccc2o1. The smallest absolute Gasteiger partial charge is 0.270 e. The van der Waals surface area contributed by atoms with E-state index < -0.39 is 10.8 Å². The van der Waals surface area contributed by atoms with Crippen molar-refractivity contribution in [2.45, 2.75) is 19.8 Å². The predicted octanol–water partition coefficient (Wildman–Crippen LogP) is 4.11. The van der Waals surface area contributed by atoms with Gasteiger partial charge in [0.05, 0.1) is 4.92 Å². The number of nitrogens with zero attached hydrogens (tertiary/aromatic N) is 2. The number of amides is 1. The summed E-state index contributed by atoms with van der Waals surface area (Å²) in [5, 5.41) is 13.5. The molecule has 0 bridgehead atoms. The highest BCUT2D eigenvalue weighted by Gasteiger charge is 2.13. The van der Waals surface area contributed by atoms with Gasteiger partial charge in [0.25, 0.3) is 11.6 Å². The molecule has 0 spiro atoms. The van der Waals surface area contributed by atoms with Crippen LogP contribution in [-0.4, -0.2) is 15.8 Å². The summed E-state index contributed by atoms with van der Waals surface area (Å²) in [7, 11) is 0. The average molecular weight is 325 g/mol. The van der Waals surface area contributed by atoms with Crippen molar-refractivity contribution in [1.82, 2.24) is 4.98 Å². The number of nitro benzene ring substituents is 1. The van der Waals surface area contributed by atoms with Gasteiger partial charge in [0.1, 0.15) is 5.52 Å². The Labute approximate surface area is 137 Å². The highest BCUT2D eigenvalue weighted by Crippen LogP contribution is 2.24. The van der Waals surface area contributed by atoms with Crippen LogP contribution < -0.4 is 5.32 Å². The van der Waals surface area contributed by atoms with Crippen LogP contribution in [0.4, 0.5) is 11.4 Å². The van der Waals surface area contributed by atoms with Crippen molar-refractivity contribution in [3.8, 4) is 0 Å². The van der Waals surface area contributed by atoms with Crippen LogP contribution in [0.15, 0.2) is 46.9 Å². The van der Waals surface area contributed by atoms with Crippen molar-refractivity contribution in [2.75, 3.05) is 5.32 Å². The van der Waals surface area contributed by atoms with E-state index in [4.69, 9.17) is 4.42 Å². The van der Waals surface area contributed by atoms with Crippen LogP contribution in [-0.2, 0) is 0 Å². The number of anilines is 1. The highest BCUT2D eigenvalue weighted by molar-refractivity contribution is 6.05. The molecule has 0 saturated heterocycles. The number of fused-ring (bicyclic) bond motifs is 1. The molecule has 1 heterocycles. The number of aromatic nitrogens is 1. The number of nitrogens with one attached hydrogen (secondary N) is 1. The summed E-state index contributed by atoms with van der Waals surface area (Å²) in [6.45, 7) is 3.96. The Hall–Kier alpha value is -3.22. The topological polar surface area (TPSA) is 98.3 Å². The monoisotopic (exact) mass is 325 g/mol. The van der Waals surface area contributed by atoms with Crippen molar-refractivity contribution >= 4 is 28.4 Å². The molecule has 3 rings (SSSR count). The van der Waals surface area contributed by atoms with E-state index in [1.807, 2.05) is 13.8 Å². The molecule has 2 aromatic carbocycles. The minimum Gasteiger partial charge on any atom is -0.440 e. The number of oxazole rings is 1. The second-order valence-corrected chi connectivity index (χ2v) is 5.65. The van der Waals surface area contributed by atoms with Crippen LogP contribution in [0.1, 0.15) is 36.0 Å². The summed E-state index contributed by atoms with van der Waals surface area (Å²) in [6.07, 6.45) is 0. The van der Waals surface area contributed by atoms with E-state index in [9.17, 15) is 14.9 Å². The number of non-ortho nitro benzene ring substituents is 1. The number of nitro groups is 1. The molecule has 3 aromatic rings. The molecule has 0 saturated carbocycles. The third kappa shape index (κ3) is 3.10. The zero-order valence-corrected chi connectivity index (χ0v) is 13.1. The van der Waals surface area contributed by atoms with Crippen molar-refractivity contribution in [3.05, 3.63) is 64.0 Å². The molecule has 1 aromatic heterocycles. The lowest BCUT2D eigenvalue weighted by molar-refractivity contribution is -0.384. The Morgan fingerprint density at radius 3 is 2.75 bits per heavy atom. The van der Waals surface area contributed by atoms with Crippen LogP contribution in [0.5, 0.6) is 0 Å². The molecule has 0 aliphatic heterocycles. The van der Waals surface area contributed by atoms with E-state index in [1.165, 1.54) is 24.3 Å². The number of hydrogen-bond donors (Lipinski definition) is 1. The zero-order valence-electron chi connectivity index (χ0n) is 13.1. The van der Waals surface area contributed by atoms with Gasteiger partial charge in [0.15, 0.2) is 11.5 Å². The lowest BCUT2D eigenvalue weighted by Crippen LogP contribution is -2.12. The van der Waals surface area contributed by atoms with Gasteiger partial charge in [-0.15, -0.1) is 0 Å².